The third kappa shape index (κ3) is 4.33. The number of benzene rings is 2. The first-order valence-electron chi connectivity index (χ1n) is 9.25. The normalized spacial score (nSPS) is 15.0. The molecular weight excluding hydrogens is 406 g/mol. The second kappa shape index (κ2) is 8.38. The number of aromatic nitrogens is 3. The molecule has 0 bridgehead atoms. The number of nitrogens with one attached hydrogen (secondary N) is 2. The van der Waals surface area contributed by atoms with Gasteiger partial charge in [0.25, 0.3) is 5.95 Å². The summed E-state index contributed by atoms with van der Waals surface area (Å²) < 4.78 is 1.67. The summed E-state index contributed by atoms with van der Waals surface area (Å²) in [5, 5.41) is 21.4. The third-order valence-electron chi connectivity index (χ3n) is 4.57. The van der Waals surface area contributed by atoms with E-state index in [0.29, 0.717) is 11.0 Å². The fraction of sp³-hybridized carbons (Fsp3) is 0.143. The van der Waals surface area contributed by atoms with Gasteiger partial charge in [-0.1, -0.05) is 54.1 Å². The standard InChI is InChI=1S/C21H18ClN5O3/c22-15-8-6-13(7-9-15)16-12-17(14-4-2-1-3-5-14)27-21(23-16)25-20(26-27)24-18(28)10-11-19(29)30/h1-9,12,17H,10-11H2,(H,29,30)(H2,23,24,25,26,28)/p-1/t17-/m1/s1. The van der Waals surface area contributed by atoms with Gasteiger partial charge in [-0.15, -0.1) is 5.10 Å². The van der Waals surface area contributed by atoms with Gasteiger partial charge in [0.2, 0.25) is 11.9 Å². The number of carbonyl (C=O) groups excluding carboxylic acids is 2. The van der Waals surface area contributed by atoms with E-state index in [1.54, 1.807) is 16.8 Å². The van der Waals surface area contributed by atoms with Crippen LogP contribution in [0.1, 0.15) is 30.0 Å². The summed E-state index contributed by atoms with van der Waals surface area (Å²) in [4.78, 5) is 26.9. The van der Waals surface area contributed by atoms with Crippen molar-refractivity contribution in [3.05, 3.63) is 76.8 Å². The fourth-order valence-corrected chi connectivity index (χ4v) is 3.26. The maximum atomic E-state index is 12.0. The van der Waals surface area contributed by atoms with Crippen LogP contribution in [0.3, 0.4) is 0 Å². The molecule has 2 heterocycles. The summed E-state index contributed by atoms with van der Waals surface area (Å²) in [6.45, 7) is 0. The number of carboxylic acid groups (broad SMARTS) is 1. The van der Waals surface area contributed by atoms with Gasteiger partial charge in [0, 0.05) is 23.1 Å². The average Bonchev–Trinajstić information content (AvgIpc) is 3.15. The minimum absolute atomic E-state index is 0.0903. The molecule has 0 saturated heterocycles. The molecule has 1 aromatic heterocycles. The average molecular weight is 423 g/mol. The van der Waals surface area contributed by atoms with E-state index in [2.05, 4.69) is 20.7 Å². The van der Waals surface area contributed by atoms with Crippen molar-refractivity contribution in [1.29, 1.82) is 0 Å². The molecule has 2 aromatic carbocycles. The van der Waals surface area contributed by atoms with E-state index < -0.39 is 11.9 Å². The number of halogens is 1. The van der Waals surface area contributed by atoms with E-state index in [4.69, 9.17) is 11.6 Å². The fourth-order valence-electron chi connectivity index (χ4n) is 3.13. The lowest BCUT2D eigenvalue weighted by Crippen LogP contribution is -2.24. The summed E-state index contributed by atoms with van der Waals surface area (Å²) in [6, 6.07) is 16.9. The molecule has 0 unspecified atom stereocenters. The summed E-state index contributed by atoms with van der Waals surface area (Å²) in [6.07, 6.45) is 1.44. The van der Waals surface area contributed by atoms with Crippen LogP contribution < -0.4 is 15.7 Å². The second-order valence-electron chi connectivity index (χ2n) is 6.69. The molecule has 4 rings (SSSR count). The van der Waals surface area contributed by atoms with E-state index in [-0.39, 0.29) is 24.8 Å². The number of nitrogens with zero attached hydrogens (tertiary/aromatic N) is 3. The smallest absolute Gasteiger partial charge is 0.250 e. The van der Waals surface area contributed by atoms with Crippen molar-refractivity contribution in [3.63, 3.8) is 0 Å². The summed E-state index contributed by atoms with van der Waals surface area (Å²) in [5.41, 5.74) is 2.75. The number of hydrogen-bond donors (Lipinski definition) is 2. The number of hydrogen-bond acceptors (Lipinski definition) is 6. The van der Waals surface area contributed by atoms with Crippen LogP contribution in [-0.4, -0.2) is 26.6 Å². The van der Waals surface area contributed by atoms with Crippen LogP contribution in [0.25, 0.3) is 5.70 Å². The lowest BCUT2D eigenvalue weighted by atomic mass is 10.0. The SMILES string of the molecule is O=C([O-])CCC(=O)Nc1nc2n(n1)[C@@H](c1ccccc1)C=C(c1ccc(Cl)cc1)N2. The molecule has 0 aliphatic carbocycles. The first kappa shape index (κ1) is 19.7. The monoisotopic (exact) mass is 422 g/mol. The molecule has 0 spiro atoms. The predicted octanol–water partition coefficient (Wildman–Crippen LogP) is 2.46. The maximum absolute atomic E-state index is 12.0. The van der Waals surface area contributed by atoms with E-state index in [1.807, 2.05) is 48.5 Å². The Hall–Kier alpha value is -3.65. The lowest BCUT2D eigenvalue weighted by Gasteiger charge is -2.24. The minimum atomic E-state index is -1.29. The predicted molar refractivity (Wildman–Crippen MR) is 111 cm³/mol. The zero-order chi connectivity index (χ0) is 21.1. The molecule has 1 aliphatic rings. The zero-order valence-electron chi connectivity index (χ0n) is 15.7. The molecule has 1 amide bonds. The Balaban J connectivity index is 1.66. The van der Waals surface area contributed by atoms with Gasteiger partial charge in [-0.25, -0.2) is 4.68 Å². The van der Waals surface area contributed by atoms with Gasteiger partial charge in [0.15, 0.2) is 0 Å². The van der Waals surface area contributed by atoms with Gasteiger partial charge in [-0.2, -0.15) is 4.98 Å². The topological polar surface area (TPSA) is 112 Å². The number of rotatable bonds is 6. The molecule has 0 fully saturated rings. The van der Waals surface area contributed by atoms with Crippen LogP contribution >= 0.6 is 11.6 Å². The van der Waals surface area contributed by atoms with Crippen molar-refractivity contribution in [2.45, 2.75) is 18.9 Å². The maximum Gasteiger partial charge on any atom is 0.250 e. The van der Waals surface area contributed by atoms with Crippen LogP contribution in [0.2, 0.25) is 5.02 Å². The molecule has 2 N–H and O–H groups in total. The number of fused-ring (bicyclic) bond motifs is 1. The highest BCUT2D eigenvalue weighted by Crippen LogP contribution is 2.33. The van der Waals surface area contributed by atoms with Crippen molar-refractivity contribution in [2.75, 3.05) is 10.6 Å². The number of amides is 1. The highest BCUT2D eigenvalue weighted by molar-refractivity contribution is 6.30. The van der Waals surface area contributed by atoms with Crippen LogP contribution in [-0.2, 0) is 9.59 Å². The van der Waals surface area contributed by atoms with E-state index in [9.17, 15) is 14.7 Å². The number of carbonyl (C=O) groups is 2. The van der Waals surface area contributed by atoms with Crippen molar-refractivity contribution < 1.29 is 14.7 Å². The van der Waals surface area contributed by atoms with Gasteiger partial charge >= 0.3 is 0 Å². The molecular formula is C21H17ClN5O3-. The Labute approximate surface area is 177 Å². The molecule has 9 heteroatoms. The summed E-state index contributed by atoms with van der Waals surface area (Å²) in [5.74, 6) is -1.24. The van der Waals surface area contributed by atoms with Gasteiger partial charge in [0.05, 0.1) is 0 Å². The quantitative estimate of drug-likeness (QED) is 0.631. The first-order valence-corrected chi connectivity index (χ1v) is 9.63. The van der Waals surface area contributed by atoms with Crippen LogP contribution in [0.5, 0.6) is 0 Å². The summed E-state index contributed by atoms with van der Waals surface area (Å²) >= 11 is 6.01. The molecule has 8 nitrogen and oxygen atoms in total. The molecule has 152 valence electrons. The molecule has 0 saturated carbocycles. The zero-order valence-corrected chi connectivity index (χ0v) is 16.5. The van der Waals surface area contributed by atoms with E-state index >= 15 is 0 Å². The van der Waals surface area contributed by atoms with Crippen molar-refractivity contribution in [2.24, 2.45) is 0 Å². The third-order valence-corrected chi connectivity index (χ3v) is 4.82. The molecule has 1 aliphatic heterocycles. The molecule has 30 heavy (non-hydrogen) atoms. The Kier molecular flexibility index (Phi) is 5.49. The molecule has 3 aromatic rings. The summed E-state index contributed by atoms with van der Waals surface area (Å²) in [7, 11) is 0. The lowest BCUT2D eigenvalue weighted by molar-refractivity contribution is -0.305. The van der Waals surface area contributed by atoms with Gasteiger partial charge in [-0.3, -0.25) is 10.1 Å². The minimum Gasteiger partial charge on any atom is -0.550 e. The van der Waals surface area contributed by atoms with E-state index in [1.165, 1.54) is 0 Å². The van der Waals surface area contributed by atoms with Crippen LogP contribution in [0.15, 0.2) is 60.7 Å². The van der Waals surface area contributed by atoms with Crippen LogP contribution in [0, 0.1) is 0 Å². The van der Waals surface area contributed by atoms with Gasteiger partial charge in [-0.05, 0) is 35.8 Å². The highest BCUT2D eigenvalue weighted by atomic mass is 35.5. The first-order chi connectivity index (χ1) is 14.5. The number of carboxylic acids is 1. The van der Waals surface area contributed by atoms with Gasteiger partial charge in [0.1, 0.15) is 6.04 Å². The second-order valence-corrected chi connectivity index (χ2v) is 7.13. The Morgan fingerprint density at radius 1 is 1.10 bits per heavy atom. The number of aliphatic carboxylic acids is 1. The Morgan fingerprint density at radius 3 is 2.53 bits per heavy atom. The van der Waals surface area contributed by atoms with Crippen LogP contribution in [0.4, 0.5) is 11.9 Å². The van der Waals surface area contributed by atoms with Crippen molar-refractivity contribution >= 4 is 41.1 Å². The molecule has 0 radical (unpaired) electrons. The van der Waals surface area contributed by atoms with E-state index in [0.717, 1.165) is 16.8 Å². The number of allylic oxidation sites excluding steroid dienone is 1. The largest absolute Gasteiger partial charge is 0.550 e. The number of anilines is 2. The Morgan fingerprint density at radius 2 is 1.83 bits per heavy atom. The molecule has 1 atom stereocenters. The highest BCUT2D eigenvalue weighted by Gasteiger charge is 2.25. The van der Waals surface area contributed by atoms with Crippen molar-refractivity contribution in [1.82, 2.24) is 14.8 Å². The van der Waals surface area contributed by atoms with Crippen molar-refractivity contribution in [3.8, 4) is 0 Å². The Bertz CT molecular complexity index is 1110. The van der Waals surface area contributed by atoms with Gasteiger partial charge < -0.3 is 15.2 Å².